The first kappa shape index (κ1) is 17.1. The van der Waals surface area contributed by atoms with Gasteiger partial charge in [-0.1, -0.05) is 5.16 Å². The molecule has 1 aliphatic heterocycles. The quantitative estimate of drug-likeness (QED) is 0.746. The first-order chi connectivity index (χ1) is 13.0. The Morgan fingerprint density at radius 2 is 2.04 bits per heavy atom. The molecular formula is C18H15F2N5O2. The molecule has 1 aliphatic rings. The Bertz CT molecular complexity index is 993. The van der Waals surface area contributed by atoms with E-state index in [0.29, 0.717) is 18.0 Å². The minimum atomic E-state index is -1.02. The number of halogens is 2. The maximum absolute atomic E-state index is 13.4. The predicted octanol–water partition coefficient (Wildman–Crippen LogP) is 3.39. The molecule has 2 aromatic heterocycles. The van der Waals surface area contributed by atoms with Crippen LogP contribution in [0.1, 0.15) is 18.2 Å². The predicted molar refractivity (Wildman–Crippen MR) is 91.6 cm³/mol. The molecule has 0 saturated heterocycles. The number of hydrogen-bond donors (Lipinski definition) is 1. The molecule has 27 heavy (non-hydrogen) atoms. The van der Waals surface area contributed by atoms with Crippen LogP contribution in [0.15, 0.2) is 41.2 Å². The summed E-state index contributed by atoms with van der Waals surface area (Å²) in [6.45, 7) is 2.12. The van der Waals surface area contributed by atoms with Gasteiger partial charge < -0.3 is 14.7 Å². The highest BCUT2D eigenvalue weighted by molar-refractivity contribution is 5.89. The standard InChI is InChI=1S/C18H15F2N5O2/c1-10-7-15-12(16(27-24-15)17-21-5-2-6-22-17)9-25(10)18(26)23-11-3-4-13(19)14(20)8-11/h2-6,8,10H,7,9H2,1H3,(H,23,26)/t10-/m0/s1. The van der Waals surface area contributed by atoms with Gasteiger partial charge >= 0.3 is 6.03 Å². The second-order valence-corrected chi connectivity index (χ2v) is 6.25. The lowest BCUT2D eigenvalue weighted by Crippen LogP contribution is -2.44. The number of fused-ring (bicyclic) bond motifs is 1. The van der Waals surface area contributed by atoms with Crippen molar-refractivity contribution >= 4 is 11.7 Å². The minimum Gasteiger partial charge on any atom is -0.352 e. The number of anilines is 1. The van der Waals surface area contributed by atoms with Crippen LogP contribution in [-0.4, -0.2) is 32.1 Å². The van der Waals surface area contributed by atoms with E-state index in [1.54, 1.807) is 23.4 Å². The Kier molecular flexibility index (Phi) is 4.27. The SMILES string of the molecule is C[C@H]1Cc2noc(-c3ncccn3)c2CN1C(=O)Nc1ccc(F)c(F)c1. The van der Waals surface area contributed by atoms with E-state index in [4.69, 9.17) is 4.52 Å². The summed E-state index contributed by atoms with van der Waals surface area (Å²) in [7, 11) is 0. The Labute approximate surface area is 153 Å². The summed E-state index contributed by atoms with van der Waals surface area (Å²) in [5.74, 6) is -1.19. The Hall–Kier alpha value is -3.36. The fraction of sp³-hybridized carbons (Fsp3) is 0.222. The number of benzene rings is 1. The van der Waals surface area contributed by atoms with Crippen molar-refractivity contribution in [1.29, 1.82) is 0 Å². The number of nitrogens with zero attached hydrogens (tertiary/aromatic N) is 4. The third-order valence-corrected chi connectivity index (χ3v) is 4.42. The Morgan fingerprint density at radius 3 is 2.78 bits per heavy atom. The summed E-state index contributed by atoms with van der Waals surface area (Å²) in [4.78, 5) is 22.6. The summed E-state index contributed by atoms with van der Waals surface area (Å²) in [6, 6.07) is 4.32. The lowest BCUT2D eigenvalue weighted by molar-refractivity contribution is 0.182. The van der Waals surface area contributed by atoms with E-state index >= 15 is 0 Å². The van der Waals surface area contributed by atoms with Crippen LogP contribution in [0.5, 0.6) is 0 Å². The molecule has 0 bridgehead atoms. The van der Waals surface area contributed by atoms with Crippen LogP contribution in [0.2, 0.25) is 0 Å². The van der Waals surface area contributed by atoms with Gasteiger partial charge in [-0.25, -0.2) is 23.5 Å². The van der Waals surface area contributed by atoms with Gasteiger partial charge in [-0.2, -0.15) is 0 Å². The van der Waals surface area contributed by atoms with E-state index in [0.717, 1.165) is 23.4 Å². The average molecular weight is 371 g/mol. The highest BCUT2D eigenvalue weighted by Crippen LogP contribution is 2.31. The number of nitrogens with one attached hydrogen (secondary N) is 1. The Balaban J connectivity index is 1.58. The Morgan fingerprint density at radius 1 is 1.26 bits per heavy atom. The zero-order valence-corrected chi connectivity index (χ0v) is 14.3. The van der Waals surface area contributed by atoms with E-state index in [9.17, 15) is 13.6 Å². The van der Waals surface area contributed by atoms with Crippen molar-refractivity contribution in [3.63, 3.8) is 0 Å². The number of urea groups is 1. The van der Waals surface area contributed by atoms with Gasteiger partial charge in [0.25, 0.3) is 0 Å². The molecule has 0 aliphatic carbocycles. The molecule has 0 fully saturated rings. The monoisotopic (exact) mass is 371 g/mol. The molecule has 1 aromatic carbocycles. The molecule has 0 unspecified atom stereocenters. The smallest absolute Gasteiger partial charge is 0.322 e. The van der Waals surface area contributed by atoms with E-state index in [1.807, 2.05) is 6.92 Å². The van der Waals surface area contributed by atoms with Crippen LogP contribution in [0, 0.1) is 11.6 Å². The van der Waals surface area contributed by atoms with Crippen molar-refractivity contribution in [3.8, 4) is 11.6 Å². The van der Waals surface area contributed by atoms with Crippen LogP contribution >= 0.6 is 0 Å². The first-order valence-corrected chi connectivity index (χ1v) is 8.30. The summed E-state index contributed by atoms with van der Waals surface area (Å²) in [5, 5.41) is 6.67. The molecule has 3 heterocycles. The minimum absolute atomic E-state index is 0.155. The highest BCUT2D eigenvalue weighted by Gasteiger charge is 2.32. The maximum atomic E-state index is 13.4. The van der Waals surface area contributed by atoms with Crippen LogP contribution in [0.25, 0.3) is 11.6 Å². The van der Waals surface area contributed by atoms with Crippen LogP contribution in [0.3, 0.4) is 0 Å². The number of amides is 2. The van der Waals surface area contributed by atoms with Gasteiger partial charge in [-0.3, -0.25) is 0 Å². The van der Waals surface area contributed by atoms with Crippen molar-refractivity contribution in [2.75, 3.05) is 5.32 Å². The van der Waals surface area contributed by atoms with Gasteiger partial charge in [0.15, 0.2) is 17.5 Å². The fourth-order valence-electron chi connectivity index (χ4n) is 3.01. The van der Waals surface area contributed by atoms with E-state index in [1.165, 1.54) is 6.07 Å². The second kappa shape index (κ2) is 6.75. The third kappa shape index (κ3) is 3.23. The van der Waals surface area contributed by atoms with Crippen molar-refractivity contribution in [3.05, 3.63) is 59.6 Å². The molecule has 2 amide bonds. The molecule has 0 radical (unpaired) electrons. The van der Waals surface area contributed by atoms with Gasteiger partial charge in [0.1, 0.15) is 0 Å². The summed E-state index contributed by atoms with van der Waals surface area (Å²) in [5.41, 5.74) is 1.66. The summed E-state index contributed by atoms with van der Waals surface area (Å²) >= 11 is 0. The molecule has 7 nitrogen and oxygen atoms in total. The zero-order valence-electron chi connectivity index (χ0n) is 14.3. The van der Waals surface area contributed by atoms with E-state index in [-0.39, 0.29) is 18.3 Å². The van der Waals surface area contributed by atoms with Gasteiger partial charge in [0.2, 0.25) is 5.76 Å². The number of carbonyl (C=O) groups excluding carboxylic acids is 1. The molecule has 0 spiro atoms. The summed E-state index contributed by atoms with van der Waals surface area (Å²) in [6.07, 6.45) is 3.68. The largest absolute Gasteiger partial charge is 0.352 e. The van der Waals surface area contributed by atoms with Crippen LogP contribution in [0.4, 0.5) is 19.3 Å². The summed E-state index contributed by atoms with van der Waals surface area (Å²) < 4.78 is 31.8. The zero-order chi connectivity index (χ0) is 19.0. The molecular weight excluding hydrogens is 356 g/mol. The molecule has 1 atom stereocenters. The molecule has 1 N–H and O–H groups in total. The molecule has 3 aromatic rings. The van der Waals surface area contributed by atoms with Gasteiger partial charge in [-0.15, -0.1) is 0 Å². The van der Waals surface area contributed by atoms with Crippen molar-refractivity contribution in [2.24, 2.45) is 0 Å². The first-order valence-electron chi connectivity index (χ1n) is 8.30. The van der Waals surface area contributed by atoms with Gasteiger partial charge in [0, 0.05) is 42.2 Å². The lowest BCUT2D eigenvalue weighted by atomic mass is 10.00. The molecule has 4 rings (SSSR count). The number of aromatic nitrogens is 3. The number of hydrogen-bond acceptors (Lipinski definition) is 5. The van der Waals surface area contributed by atoms with Gasteiger partial charge in [-0.05, 0) is 25.1 Å². The van der Waals surface area contributed by atoms with E-state index in [2.05, 4.69) is 20.4 Å². The number of rotatable bonds is 2. The van der Waals surface area contributed by atoms with E-state index < -0.39 is 17.7 Å². The maximum Gasteiger partial charge on any atom is 0.322 e. The van der Waals surface area contributed by atoms with Crippen molar-refractivity contribution < 1.29 is 18.1 Å². The topological polar surface area (TPSA) is 84.2 Å². The van der Waals surface area contributed by atoms with Crippen molar-refractivity contribution in [2.45, 2.75) is 25.9 Å². The number of carbonyl (C=O) groups is 1. The van der Waals surface area contributed by atoms with Crippen LogP contribution < -0.4 is 5.32 Å². The second-order valence-electron chi connectivity index (χ2n) is 6.25. The van der Waals surface area contributed by atoms with Gasteiger partial charge in [0.05, 0.1) is 12.2 Å². The molecule has 0 saturated carbocycles. The van der Waals surface area contributed by atoms with Crippen LogP contribution in [-0.2, 0) is 13.0 Å². The average Bonchev–Trinajstić information content (AvgIpc) is 3.07. The third-order valence-electron chi connectivity index (χ3n) is 4.42. The normalized spacial score (nSPS) is 16.1. The molecule has 9 heteroatoms. The molecule has 138 valence electrons. The highest BCUT2D eigenvalue weighted by atomic mass is 19.2. The van der Waals surface area contributed by atoms with Crippen molar-refractivity contribution in [1.82, 2.24) is 20.0 Å². The fourth-order valence-corrected chi connectivity index (χ4v) is 3.01. The lowest BCUT2D eigenvalue weighted by Gasteiger charge is -2.32.